The van der Waals surface area contributed by atoms with Gasteiger partial charge >= 0.3 is 0 Å². The van der Waals surface area contributed by atoms with Crippen LogP contribution in [0.1, 0.15) is 51.3 Å². The number of halogens is 1. The quantitative estimate of drug-likeness (QED) is 0.546. The van der Waals surface area contributed by atoms with Crippen LogP contribution in [0.15, 0.2) is 24.3 Å². The summed E-state index contributed by atoms with van der Waals surface area (Å²) < 4.78 is 3.80. The van der Waals surface area contributed by atoms with Crippen molar-refractivity contribution in [1.82, 2.24) is 4.57 Å². The summed E-state index contributed by atoms with van der Waals surface area (Å²) in [5.74, 6) is 0.828. The number of aromatic nitrogens is 2. The lowest BCUT2D eigenvalue weighted by Crippen LogP contribution is -3.00. The van der Waals surface area contributed by atoms with E-state index in [4.69, 9.17) is 0 Å². The van der Waals surface area contributed by atoms with Gasteiger partial charge in [0.2, 0.25) is 23.0 Å². The summed E-state index contributed by atoms with van der Waals surface area (Å²) in [5.41, 5.74) is 2.07. The highest BCUT2D eigenvalue weighted by molar-refractivity contribution is 6.26. The van der Waals surface area contributed by atoms with E-state index in [0.717, 1.165) is 18.8 Å². The van der Waals surface area contributed by atoms with Gasteiger partial charge in [-0.1, -0.05) is 31.2 Å². The molecule has 110 valence electrons. The molecule has 0 unspecified atom stereocenters. The smallest absolute Gasteiger partial charge is 0.254 e. The van der Waals surface area contributed by atoms with Gasteiger partial charge in [-0.3, -0.25) is 9.59 Å². The van der Waals surface area contributed by atoms with Crippen molar-refractivity contribution in [2.45, 2.75) is 26.8 Å². The third-order valence-corrected chi connectivity index (χ3v) is 4.00. The van der Waals surface area contributed by atoms with Crippen LogP contribution in [0.5, 0.6) is 0 Å². The standard InChI is InChI=1S/C16H17N2O2.BrH/c1-4-9-18-10(2)17(3)13-14(18)16(20)12-8-6-5-7-11(12)15(13)19;/h5-8H,4,9H2,1-3H3;1H/q+1;/p-1. The summed E-state index contributed by atoms with van der Waals surface area (Å²) in [6, 6.07) is 7.06. The zero-order valence-corrected chi connectivity index (χ0v) is 13.9. The Morgan fingerprint density at radius 2 is 1.67 bits per heavy atom. The predicted molar refractivity (Wildman–Crippen MR) is 73.9 cm³/mol. The number of benzene rings is 1. The number of hydrogen-bond donors (Lipinski definition) is 0. The average molecular weight is 349 g/mol. The van der Waals surface area contributed by atoms with Crippen molar-refractivity contribution in [2.75, 3.05) is 0 Å². The number of carbonyl (C=O) groups excluding carboxylic acids is 2. The molecule has 0 spiro atoms. The first-order chi connectivity index (χ1) is 9.57. The molecule has 0 amide bonds. The van der Waals surface area contributed by atoms with E-state index in [1.54, 1.807) is 24.3 Å². The maximum atomic E-state index is 12.7. The maximum absolute atomic E-state index is 12.7. The van der Waals surface area contributed by atoms with Gasteiger partial charge in [0.05, 0.1) is 13.6 Å². The average Bonchev–Trinajstić information content (AvgIpc) is 2.71. The van der Waals surface area contributed by atoms with Crippen molar-refractivity contribution < 1.29 is 31.1 Å². The Bertz CT molecular complexity index is 747. The Kier molecular flexibility index (Phi) is 4.14. The molecular weight excluding hydrogens is 332 g/mol. The van der Waals surface area contributed by atoms with Crippen molar-refractivity contribution in [3.8, 4) is 0 Å². The highest BCUT2D eigenvalue weighted by Crippen LogP contribution is 2.26. The molecule has 0 saturated heterocycles. The van der Waals surface area contributed by atoms with Crippen LogP contribution in [0.3, 0.4) is 0 Å². The summed E-state index contributed by atoms with van der Waals surface area (Å²) >= 11 is 0. The van der Waals surface area contributed by atoms with Crippen LogP contribution in [-0.2, 0) is 13.6 Å². The molecule has 2 aromatic rings. The molecule has 0 bridgehead atoms. The van der Waals surface area contributed by atoms with Crippen molar-refractivity contribution in [2.24, 2.45) is 7.05 Å². The first-order valence-corrected chi connectivity index (χ1v) is 6.85. The second kappa shape index (κ2) is 5.56. The second-order valence-corrected chi connectivity index (χ2v) is 5.16. The molecule has 1 aliphatic carbocycles. The molecule has 4 nitrogen and oxygen atoms in total. The molecule has 1 aromatic heterocycles. The third-order valence-electron chi connectivity index (χ3n) is 4.00. The minimum atomic E-state index is -0.0596. The predicted octanol–water partition coefficient (Wildman–Crippen LogP) is -1.19. The first-order valence-electron chi connectivity index (χ1n) is 6.85. The topological polar surface area (TPSA) is 43.0 Å². The summed E-state index contributed by atoms with van der Waals surface area (Å²) in [6.07, 6.45) is 0.922. The molecule has 0 N–H and O–H groups in total. The normalized spacial score (nSPS) is 12.7. The van der Waals surface area contributed by atoms with E-state index in [-0.39, 0.29) is 28.5 Å². The molecule has 21 heavy (non-hydrogen) atoms. The fraction of sp³-hybridized carbons (Fsp3) is 0.312. The van der Waals surface area contributed by atoms with Gasteiger partial charge in [-0.2, -0.15) is 0 Å². The van der Waals surface area contributed by atoms with Crippen LogP contribution in [0, 0.1) is 6.92 Å². The molecule has 0 saturated carbocycles. The molecule has 0 atom stereocenters. The van der Waals surface area contributed by atoms with Gasteiger partial charge < -0.3 is 17.0 Å². The van der Waals surface area contributed by atoms with E-state index < -0.39 is 0 Å². The van der Waals surface area contributed by atoms with E-state index in [2.05, 4.69) is 6.92 Å². The number of imidazole rings is 1. The number of hydrogen-bond acceptors (Lipinski definition) is 2. The fourth-order valence-electron chi connectivity index (χ4n) is 2.91. The van der Waals surface area contributed by atoms with Crippen LogP contribution < -0.4 is 21.5 Å². The number of ketones is 2. The molecule has 1 aliphatic rings. The second-order valence-electron chi connectivity index (χ2n) is 5.16. The van der Waals surface area contributed by atoms with Crippen molar-refractivity contribution in [3.63, 3.8) is 0 Å². The lowest BCUT2D eigenvalue weighted by molar-refractivity contribution is -0.679. The summed E-state index contributed by atoms with van der Waals surface area (Å²) in [4.78, 5) is 25.4. The largest absolute Gasteiger partial charge is 1.00 e. The maximum Gasteiger partial charge on any atom is 0.254 e. The molecule has 0 aliphatic heterocycles. The van der Waals surface area contributed by atoms with Crippen molar-refractivity contribution in [3.05, 3.63) is 52.6 Å². The molecule has 0 fully saturated rings. The van der Waals surface area contributed by atoms with Gasteiger partial charge in [0.25, 0.3) is 5.82 Å². The Hall–Kier alpha value is -1.75. The highest BCUT2D eigenvalue weighted by Gasteiger charge is 2.41. The molecule has 1 aromatic carbocycles. The van der Waals surface area contributed by atoms with Crippen LogP contribution in [0.2, 0.25) is 0 Å². The lowest BCUT2D eigenvalue weighted by Gasteiger charge is -2.12. The summed E-state index contributed by atoms with van der Waals surface area (Å²) in [7, 11) is 1.85. The Morgan fingerprint density at radius 3 is 2.24 bits per heavy atom. The SMILES string of the molecule is CCCn1c2c([n+](C)c1C)C(=O)c1ccccc1C2=O.[Br-]. The van der Waals surface area contributed by atoms with Gasteiger partial charge in [0, 0.05) is 18.1 Å². The molecule has 3 rings (SSSR count). The van der Waals surface area contributed by atoms with Gasteiger partial charge in [0.15, 0.2) is 0 Å². The van der Waals surface area contributed by atoms with E-state index in [9.17, 15) is 9.59 Å². The highest BCUT2D eigenvalue weighted by atomic mass is 79.9. The van der Waals surface area contributed by atoms with Crippen molar-refractivity contribution >= 4 is 11.6 Å². The third kappa shape index (κ3) is 2.07. The monoisotopic (exact) mass is 348 g/mol. The lowest BCUT2D eigenvalue weighted by atomic mass is 9.90. The first kappa shape index (κ1) is 15.6. The van der Waals surface area contributed by atoms with Crippen LogP contribution in [0.25, 0.3) is 0 Å². The summed E-state index contributed by atoms with van der Waals surface area (Å²) in [6.45, 7) is 4.75. The molecule has 5 heteroatoms. The molecule has 1 heterocycles. The number of fused-ring (bicyclic) bond motifs is 2. The zero-order valence-electron chi connectivity index (χ0n) is 12.3. The molecule has 0 radical (unpaired) electrons. The van der Waals surface area contributed by atoms with E-state index >= 15 is 0 Å². The minimum absolute atomic E-state index is 0. The molecular formula is C16H17BrN2O2. The van der Waals surface area contributed by atoms with Crippen LogP contribution in [0.4, 0.5) is 0 Å². The van der Waals surface area contributed by atoms with Gasteiger partial charge in [0.1, 0.15) is 0 Å². The number of carbonyl (C=O) groups is 2. The van der Waals surface area contributed by atoms with Crippen LogP contribution in [-0.4, -0.2) is 16.1 Å². The minimum Gasteiger partial charge on any atom is -1.00 e. The number of nitrogens with zero attached hydrogens (tertiary/aromatic N) is 2. The van der Waals surface area contributed by atoms with E-state index in [0.29, 0.717) is 22.5 Å². The van der Waals surface area contributed by atoms with E-state index in [1.807, 2.05) is 23.1 Å². The van der Waals surface area contributed by atoms with E-state index in [1.165, 1.54) is 0 Å². The van der Waals surface area contributed by atoms with Gasteiger partial charge in [-0.05, 0) is 6.42 Å². The Balaban J connectivity index is 0.00000161. The summed E-state index contributed by atoms with van der Waals surface area (Å²) in [5, 5.41) is 0. The number of rotatable bonds is 2. The zero-order chi connectivity index (χ0) is 14.4. The Morgan fingerprint density at radius 1 is 1.10 bits per heavy atom. The Labute approximate surface area is 134 Å². The van der Waals surface area contributed by atoms with Crippen molar-refractivity contribution in [1.29, 1.82) is 0 Å². The van der Waals surface area contributed by atoms with Crippen LogP contribution >= 0.6 is 0 Å². The van der Waals surface area contributed by atoms with Gasteiger partial charge in [-0.25, -0.2) is 9.13 Å². The fourth-order valence-corrected chi connectivity index (χ4v) is 2.91. The van der Waals surface area contributed by atoms with Gasteiger partial charge in [-0.15, -0.1) is 0 Å².